The van der Waals surface area contributed by atoms with E-state index in [0.717, 1.165) is 62.1 Å². The molecule has 10 aromatic rings. The topological polar surface area (TPSA) is 51.8 Å². The van der Waals surface area contributed by atoms with Crippen LogP contribution in [-0.2, 0) is 0 Å². The Bertz CT molecular complexity index is 2820. The summed E-state index contributed by atoms with van der Waals surface area (Å²) in [5.41, 5.74) is 10.6. The first-order chi connectivity index (χ1) is 26.3. The molecule has 0 aliphatic carbocycles. The number of nitrogens with zero attached hydrogens (tertiary/aromatic N) is 6. The molecule has 3 heterocycles. The number of para-hydroxylation sites is 3. The molecular weight excluding hydrogens is 649 g/mol. The van der Waals surface area contributed by atoms with Gasteiger partial charge in [-0.15, -0.1) is 10.2 Å². The van der Waals surface area contributed by atoms with Gasteiger partial charge in [0.2, 0.25) is 0 Å². The summed E-state index contributed by atoms with van der Waals surface area (Å²) < 4.78 is 4.49. The third-order valence-electron chi connectivity index (χ3n) is 9.88. The van der Waals surface area contributed by atoms with Crippen LogP contribution in [0.15, 0.2) is 194 Å². The van der Waals surface area contributed by atoms with Crippen LogP contribution in [-0.4, -0.2) is 24.3 Å². The lowest BCUT2D eigenvalue weighted by atomic mass is 10.1. The third-order valence-corrected chi connectivity index (χ3v) is 9.88. The van der Waals surface area contributed by atoms with Crippen LogP contribution >= 0.6 is 0 Å². The van der Waals surface area contributed by atoms with E-state index in [1.807, 2.05) is 30.5 Å². The van der Waals surface area contributed by atoms with E-state index in [9.17, 15) is 0 Å². The Labute approximate surface area is 306 Å². The zero-order valence-corrected chi connectivity index (χ0v) is 28.7. The highest BCUT2D eigenvalue weighted by molar-refractivity contribution is 6.09. The van der Waals surface area contributed by atoms with Gasteiger partial charge in [0, 0.05) is 61.9 Å². The lowest BCUT2D eigenvalue weighted by Gasteiger charge is -2.26. The van der Waals surface area contributed by atoms with Crippen LogP contribution < -0.4 is 4.90 Å². The molecule has 0 saturated carbocycles. The van der Waals surface area contributed by atoms with E-state index >= 15 is 0 Å². The number of aromatic nitrogens is 5. The SMILES string of the molecule is c1ccc(-c2nnc(-c3ccc(N(c4ccccc4)c4ccc(-n5c6ccccc6c6ccccc65)cc4)cc3)n2-c2ccc3ncccc3c2)cc1. The van der Waals surface area contributed by atoms with E-state index in [-0.39, 0.29) is 0 Å². The van der Waals surface area contributed by atoms with E-state index in [4.69, 9.17) is 10.2 Å². The van der Waals surface area contributed by atoms with E-state index < -0.39 is 0 Å². The van der Waals surface area contributed by atoms with Gasteiger partial charge in [-0.25, -0.2) is 0 Å². The fourth-order valence-electron chi connectivity index (χ4n) is 7.43. The fraction of sp³-hybridized carbons (Fsp3) is 0. The maximum atomic E-state index is 4.77. The van der Waals surface area contributed by atoms with Gasteiger partial charge < -0.3 is 9.47 Å². The Morgan fingerprint density at radius 1 is 0.396 bits per heavy atom. The molecule has 0 saturated heterocycles. The minimum atomic E-state index is 0.764. The van der Waals surface area contributed by atoms with Gasteiger partial charge in [0.1, 0.15) is 0 Å². The lowest BCUT2D eigenvalue weighted by Crippen LogP contribution is -2.10. The van der Waals surface area contributed by atoms with E-state index in [1.54, 1.807) is 0 Å². The molecule has 0 bridgehead atoms. The van der Waals surface area contributed by atoms with E-state index in [1.165, 1.54) is 21.8 Å². The Morgan fingerprint density at radius 2 is 0.925 bits per heavy atom. The summed E-state index contributed by atoms with van der Waals surface area (Å²) in [6.45, 7) is 0. The second-order valence-corrected chi connectivity index (χ2v) is 13.0. The number of hydrogen-bond donors (Lipinski definition) is 0. The Kier molecular flexibility index (Phi) is 7.36. The summed E-state index contributed by atoms with van der Waals surface area (Å²) in [6, 6.07) is 65.7. The molecule has 10 rings (SSSR count). The largest absolute Gasteiger partial charge is 0.311 e. The predicted octanol–water partition coefficient (Wildman–Crippen LogP) is 11.7. The number of rotatable bonds is 7. The molecule has 3 aromatic heterocycles. The minimum absolute atomic E-state index is 0.764. The molecule has 0 radical (unpaired) electrons. The molecule has 7 aromatic carbocycles. The van der Waals surface area contributed by atoms with Crippen LogP contribution in [0.2, 0.25) is 0 Å². The molecule has 250 valence electrons. The number of hydrogen-bond acceptors (Lipinski definition) is 4. The molecule has 53 heavy (non-hydrogen) atoms. The van der Waals surface area contributed by atoms with Crippen LogP contribution in [0.4, 0.5) is 17.1 Å². The maximum Gasteiger partial charge on any atom is 0.168 e. The van der Waals surface area contributed by atoms with Crippen molar-refractivity contribution in [2.24, 2.45) is 0 Å². The van der Waals surface area contributed by atoms with Crippen LogP contribution in [0.3, 0.4) is 0 Å². The second-order valence-electron chi connectivity index (χ2n) is 13.0. The van der Waals surface area contributed by atoms with Crippen molar-refractivity contribution in [3.05, 3.63) is 194 Å². The third kappa shape index (κ3) is 5.32. The molecule has 6 heteroatoms. The summed E-state index contributed by atoms with van der Waals surface area (Å²) in [5, 5.41) is 13.1. The Hall–Kier alpha value is -7.31. The monoisotopic (exact) mass is 680 g/mol. The molecule has 6 nitrogen and oxygen atoms in total. The average molecular weight is 681 g/mol. The first-order valence-corrected chi connectivity index (χ1v) is 17.7. The molecule has 0 N–H and O–H groups in total. The maximum absolute atomic E-state index is 4.77. The number of benzene rings is 7. The first kappa shape index (κ1) is 30.5. The van der Waals surface area contributed by atoms with Crippen LogP contribution in [0.5, 0.6) is 0 Å². The van der Waals surface area contributed by atoms with Crippen molar-refractivity contribution in [1.82, 2.24) is 24.3 Å². The highest BCUT2D eigenvalue weighted by Crippen LogP contribution is 2.38. The van der Waals surface area contributed by atoms with Crippen molar-refractivity contribution in [3.8, 4) is 34.2 Å². The highest BCUT2D eigenvalue weighted by atomic mass is 15.3. The zero-order chi connectivity index (χ0) is 35.1. The van der Waals surface area contributed by atoms with Gasteiger partial charge >= 0.3 is 0 Å². The van der Waals surface area contributed by atoms with Crippen molar-refractivity contribution < 1.29 is 0 Å². The quantitative estimate of drug-likeness (QED) is 0.168. The molecule has 0 aliphatic rings. The fourth-order valence-corrected chi connectivity index (χ4v) is 7.43. The summed E-state index contributed by atoms with van der Waals surface area (Å²) in [7, 11) is 0. The first-order valence-electron chi connectivity index (χ1n) is 17.7. The standard InChI is InChI=1S/C47H32N6/c1-3-12-33(13-4-1)46-49-50-47(53(46)40-29-30-43-35(32-40)14-11-31-48-43)34-21-23-37(24-22-34)51(36-15-5-2-6-16-36)38-25-27-39(28-26-38)52-44-19-9-7-17-41(44)42-18-8-10-20-45(42)52/h1-32H. The van der Waals surface area contributed by atoms with Gasteiger partial charge in [-0.05, 0) is 97.1 Å². The van der Waals surface area contributed by atoms with Crippen molar-refractivity contribution >= 4 is 49.8 Å². The number of pyridine rings is 1. The van der Waals surface area contributed by atoms with Crippen molar-refractivity contribution in [2.75, 3.05) is 4.90 Å². The van der Waals surface area contributed by atoms with Gasteiger partial charge in [0.05, 0.1) is 16.6 Å². The second kappa shape index (κ2) is 12.8. The molecule has 0 unspecified atom stereocenters. The molecule has 0 atom stereocenters. The number of anilines is 3. The van der Waals surface area contributed by atoms with E-state index in [2.05, 4.69) is 183 Å². The highest BCUT2D eigenvalue weighted by Gasteiger charge is 2.19. The predicted molar refractivity (Wildman–Crippen MR) is 217 cm³/mol. The lowest BCUT2D eigenvalue weighted by molar-refractivity contribution is 1.07. The van der Waals surface area contributed by atoms with Crippen LogP contribution in [0, 0.1) is 0 Å². The minimum Gasteiger partial charge on any atom is -0.311 e. The summed E-state index contributed by atoms with van der Waals surface area (Å²) in [4.78, 5) is 6.82. The van der Waals surface area contributed by atoms with E-state index in [0.29, 0.717) is 0 Å². The van der Waals surface area contributed by atoms with Crippen LogP contribution in [0.25, 0.3) is 66.9 Å². The zero-order valence-electron chi connectivity index (χ0n) is 28.7. The molecule has 0 aliphatic heterocycles. The van der Waals surface area contributed by atoms with Gasteiger partial charge in [-0.3, -0.25) is 9.55 Å². The molecular formula is C47H32N6. The molecule has 0 amide bonds. The molecule has 0 fully saturated rings. The average Bonchev–Trinajstić information content (AvgIpc) is 3.83. The summed E-state index contributed by atoms with van der Waals surface area (Å²) in [5.74, 6) is 1.54. The van der Waals surface area contributed by atoms with Gasteiger partial charge in [-0.1, -0.05) is 91.0 Å². The smallest absolute Gasteiger partial charge is 0.168 e. The van der Waals surface area contributed by atoms with Crippen molar-refractivity contribution in [1.29, 1.82) is 0 Å². The molecule has 0 spiro atoms. The Balaban J connectivity index is 1.06. The van der Waals surface area contributed by atoms with Gasteiger partial charge in [-0.2, -0.15) is 0 Å². The van der Waals surface area contributed by atoms with Crippen molar-refractivity contribution in [2.45, 2.75) is 0 Å². The normalized spacial score (nSPS) is 11.4. The summed E-state index contributed by atoms with van der Waals surface area (Å²) >= 11 is 0. The van der Waals surface area contributed by atoms with Crippen molar-refractivity contribution in [3.63, 3.8) is 0 Å². The van der Waals surface area contributed by atoms with Gasteiger partial charge in [0.25, 0.3) is 0 Å². The van der Waals surface area contributed by atoms with Crippen LogP contribution in [0.1, 0.15) is 0 Å². The Morgan fingerprint density at radius 3 is 1.58 bits per heavy atom. The number of fused-ring (bicyclic) bond motifs is 4. The summed E-state index contributed by atoms with van der Waals surface area (Å²) in [6.07, 6.45) is 1.82. The van der Waals surface area contributed by atoms with Gasteiger partial charge in [0.15, 0.2) is 11.6 Å².